The lowest BCUT2D eigenvalue weighted by molar-refractivity contribution is 0.0682. The summed E-state index contributed by atoms with van der Waals surface area (Å²) in [5.74, 6) is -0.450. The van der Waals surface area contributed by atoms with Gasteiger partial charge in [0.2, 0.25) is 0 Å². The quantitative estimate of drug-likeness (QED) is 0.702. The first-order valence-corrected chi connectivity index (χ1v) is 7.91. The van der Waals surface area contributed by atoms with Gasteiger partial charge in [-0.1, -0.05) is 29.8 Å². The Morgan fingerprint density at radius 1 is 1.40 bits per heavy atom. The van der Waals surface area contributed by atoms with Crippen LogP contribution in [0.25, 0.3) is 0 Å². The number of carbonyl (C=O) groups is 1. The molecule has 1 amide bonds. The standard InChI is InChI=1S/C15H21BrFNO2/c1-4-12(5-2)18(9-8-16)15(19)11-6-7-13(17)14(10-11)20-3/h6-7,10,12H,4-5,8-9H2,1-3H3. The van der Waals surface area contributed by atoms with Crippen LogP contribution in [0.1, 0.15) is 37.0 Å². The van der Waals surface area contributed by atoms with E-state index in [-0.39, 0.29) is 17.7 Å². The monoisotopic (exact) mass is 345 g/mol. The lowest BCUT2D eigenvalue weighted by Gasteiger charge is -2.30. The van der Waals surface area contributed by atoms with Gasteiger partial charge in [-0.2, -0.15) is 0 Å². The molecule has 0 spiro atoms. The molecule has 112 valence electrons. The maximum absolute atomic E-state index is 13.4. The zero-order valence-electron chi connectivity index (χ0n) is 12.2. The molecule has 0 saturated carbocycles. The fourth-order valence-electron chi connectivity index (χ4n) is 2.23. The van der Waals surface area contributed by atoms with Crippen LogP contribution in [0.4, 0.5) is 4.39 Å². The van der Waals surface area contributed by atoms with Crippen molar-refractivity contribution in [3.63, 3.8) is 0 Å². The van der Waals surface area contributed by atoms with Crippen LogP contribution in [0, 0.1) is 5.82 Å². The molecule has 0 N–H and O–H groups in total. The number of ether oxygens (including phenoxy) is 1. The Bertz CT molecular complexity index is 449. The molecule has 1 aromatic carbocycles. The summed E-state index contributed by atoms with van der Waals surface area (Å²) in [6, 6.07) is 4.42. The molecule has 0 heterocycles. The average Bonchev–Trinajstić information content (AvgIpc) is 2.47. The summed E-state index contributed by atoms with van der Waals surface area (Å²) < 4.78 is 18.3. The molecule has 0 unspecified atom stereocenters. The van der Waals surface area contributed by atoms with E-state index in [0.717, 1.165) is 12.8 Å². The number of hydrogen-bond acceptors (Lipinski definition) is 2. The van der Waals surface area contributed by atoms with Crippen LogP contribution in [0.15, 0.2) is 18.2 Å². The fourth-order valence-corrected chi connectivity index (χ4v) is 2.61. The summed E-state index contributed by atoms with van der Waals surface area (Å²) in [5, 5.41) is 0.716. The van der Waals surface area contributed by atoms with Crippen molar-refractivity contribution in [2.45, 2.75) is 32.7 Å². The van der Waals surface area contributed by atoms with Crippen molar-refractivity contribution < 1.29 is 13.9 Å². The second-order valence-corrected chi connectivity index (χ2v) is 5.30. The topological polar surface area (TPSA) is 29.5 Å². The number of benzene rings is 1. The van der Waals surface area contributed by atoms with Crippen molar-refractivity contribution >= 4 is 21.8 Å². The number of halogens is 2. The van der Waals surface area contributed by atoms with Crippen molar-refractivity contribution in [2.75, 3.05) is 19.0 Å². The zero-order valence-corrected chi connectivity index (χ0v) is 13.7. The van der Waals surface area contributed by atoms with Crippen molar-refractivity contribution in [3.05, 3.63) is 29.6 Å². The van der Waals surface area contributed by atoms with Crippen molar-refractivity contribution in [3.8, 4) is 5.75 Å². The number of nitrogens with zero attached hydrogens (tertiary/aromatic N) is 1. The molecule has 3 nitrogen and oxygen atoms in total. The summed E-state index contributed by atoms with van der Waals surface area (Å²) in [5.41, 5.74) is 0.455. The second-order valence-electron chi connectivity index (χ2n) is 4.51. The predicted octanol–water partition coefficient (Wildman–Crippen LogP) is 3.86. The van der Waals surface area contributed by atoms with E-state index in [0.29, 0.717) is 17.4 Å². The largest absolute Gasteiger partial charge is 0.494 e. The van der Waals surface area contributed by atoms with Gasteiger partial charge < -0.3 is 9.64 Å². The maximum atomic E-state index is 13.4. The van der Waals surface area contributed by atoms with Crippen LogP contribution >= 0.6 is 15.9 Å². The minimum atomic E-state index is -0.460. The van der Waals surface area contributed by atoms with E-state index in [9.17, 15) is 9.18 Å². The molecule has 0 aromatic heterocycles. The summed E-state index contributed by atoms with van der Waals surface area (Å²) >= 11 is 3.38. The third kappa shape index (κ3) is 3.95. The summed E-state index contributed by atoms with van der Waals surface area (Å²) in [4.78, 5) is 14.4. The van der Waals surface area contributed by atoms with Crippen LogP contribution in [-0.2, 0) is 0 Å². The van der Waals surface area contributed by atoms with E-state index in [1.807, 2.05) is 4.90 Å². The Balaban J connectivity index is 3.05. The Hall–Kier alpha value is -1.10. The van der Waals surface area contributed by atoms with Crippen molar-refractivity contribution in [2.24, 2.45) is 0 Å². The number of rotatable bonds is 7. The van der Waals surface area contributed by atoms with Gasteiger partial charge in [-0.3, -0.25) is 4.79 Å². The van der Waals surface area contributed by atoms with E-state index in [4.69, 9.17) is 4.74 Å². The van der Waals surface area contributed by atoms with Crippen LogP contribution < -0.4 is 4.74 Å². The normalized spacial score (nSPS) is 10.7. The van der Waals surface area contributed by atoms with Gasteiger partial charge in [0.05, 0.1) is 7.11 Å². The first-order chi connectivity index (χ1) is 9.58. The highest BCUT2D eigenvalue weighted by Gasteiger charge is 2.22. The van der Waals surface area contributed by atoms with Gasteiger partial charge in [-0.25, -0.2) is 4.39 Å². The van der Waals surface area contributed by atoms with E-state index >= 15 is 0 Å². The van der Waals surface area contributed by atoms with E-state index in [1.165, 1.54) is 25.3 Å². The molecule has 0 aliphatic heterocycles. The molecular weight excluding hydrogens is 325 g/mol. The average molecular weight is 346 g/mol. The highest BCUT2D eigenvalue weighted by Crippen LogP contribution is 2.21. The molecule has 0 fully saturated rings. The van der Waals surface area contributed by atoms with Gasteiger partial charge in [0.15, 0.2) is 11.6 Å². The van der Waals surface area contributed by atoms with Crippen LogP contribution in [-0.4, -0.2) is 35.8 Å². The zero-order chi connectivity index (χ0) is 15.1. The Kier molecular flexibility index (Phi) is 6.99. The first-order valence-electron chi connectivity index (χ1n) is 6.79. The molecule has 1 aromatic rings. The Morgan fingerprint density at radius 3 is 2.55 bits per heavy atom. The molecule has 0 bridgehead atoms. The maximum Gasteiger partial charge on any atom is 0.254 e. The molecular formula is C15H21BrFNO2. The van der Waals surface area contributed by atoms with Crippen LogP contribution in [0.2, 0.25) is 0 Å². The molecule has 20 heavy (non-hydrogen) atoms. The summed E-state index contributed by atoms with van der Waals surface area (Å²) in [6.07, 6.45) is 1.79. The lowest BCUT2D eigenvalue weighted by atomic mass is 10.1. The van der Waals surface area contributed by atoms with E-state index in [1.54, 1.807) is 0 Å². The molecule has 0 aliphatic carbocycles. The number of methoxy groups -OCH3 is 1. The second kappa shape index (κ2) is 8.25. The van der Waals surface area contributed by atoms with Gasteiger partial charge in [0.25, 0.3) is 5.91 Å². The molecule has 1 rings (SSSR count). The smallest absolute Gasteiger partial charge is 0.254 e. The van der Waals surface area contributed by atoms with Gasteiger partial charge in [-0.05, 0) is 31.0 Å². The van der Waals surface area contributed by atoms with Gasteiger partial charge in [0, 0.05) is 23.5 Å². The van der Waals surface area contributed by atoms with Crippen molar-refractivity contribution in [1.82, 2.24) is 4.90 Å². The highest BCUT2D eigenvalue weighted by atomic mass is 79.9. The number of alkyl halides is 1. The Labute approximate surface area is 128 Å². The highest BCUT2D eigenvalue weighted by molar-refractivity contribution is 9.09. The minimum Gasteiger partial charge on any atom is -0.494 e. The number of carbonyl (C=O) groups excluding carboxylic acids is 1. The fraction of sp³-hybridized carbons (Fsp3) is 0.533. The van der Waals surface area contributed by atoms with Gasteiger partial charge >= 0.3 is 0 Å². The molecule has 0 aliphatic rings. The van der Waals surface area contributed by atoms with Gasteiger partial charge in [-0.15, -0.1) is 0 Å². The molecule has 0 saturated heterocycles. The molecule has 0 radical (unpaired) electrons. The van der Waals surface area contributed by atoms with E-state index < -0.39 is 5.82 Å². The predicted molar refractivity (Wildman–Crippen MR) is 82.2 cm³/mol. The third-order valence-corrected chi connectivity index (χ3v) is 3.72. The Morgan fingerprint density at radius 2 is 2.05 bits per heavy atom. The SMILES string of the molecule is CCC(CC)N(CCBr)C(=O)c1ccc(F)c(OC)c1. The lowest BCUT2D eigenvalue weighted by Crippen LogP contribution is -2.41. The number of amides is 1. The minimum absolute atomic E-state index is 0.0866. The molecule has 5 heteroatoms. The van der Waals surface area contributed by atoms with Crippen molar-refractivity contribution in [1.29, 1.82) is 0 Å². The third-order valence-electron chi connectivity index (χ3n) is 3.37. The van der Waals surface area contributed by atoms with Crippen LogP contribution in [0.3, 0.4) is 0 Å². The summed E-state index contributed by atoms with van der Waals surface area (Å²) in [6.45, 7) is 4.76. The first kappa shape index (κ1) is 17.0. The molecule has 0 atom stereocenters. The van der Waals surface area contributed by atoms with Gasteiger partial charge in [0.1, 0.15) is 0 Å². The van der Waals surface area contributed by atoms with Crippen LogP contribution in [0.5, 0.6) is 5.75 Å². The summed E-state index contributed by atoms with van der Waals surface area (Å²) in [7, 11) is 1.39. The van der Waals surface area contributed by atoms with E-state index in [2.05, 4.69) is 29.8 Å². The number of hydrogen-bond donors (Lipinski definition) is 0.